The topological polar surface area (TPSA) is 58.2 Å². The third-order valence-electron chi connectivity index (χ3n) is 2.78. The molecule has 0 aliphatic heterocycles. The average Bonchev–Trinajstić information content (AvgIpc) is 2.25. The molecule has 18 heavy (non-hydrogen) atoms. The number of hydrogen-bond donors (Lipinski definition) is 2. The summed E-state index contributed by atoms with van der Waals surface area (Å²) in [4.78, 5) is 0. The number of nitrogens with one attached hydrogen (secondary N) is 2. The molecule has 2 N–H and O–H groups in total. The Morgan fingerprint density at radius 3 is 2.00 bits per heavy atom. The maximum Gasteiger partial charge on any atom is 0.229 e. The fraction of sp³-hybridized carbons (Fsp3) is 0.538. The van der Waals surface area contributed by atoms with Crippen LogP contribution in [-0.2, 0) is 10.0 Å². The summed E-state index contributed by atoms with van der Waals surface area (Å²) in [6.07, 6.45) is 2.20. The Kier molecular flexibility index (Phi) is 5.02. The molecule has 0 aliphatic rings. The number of hydrogen-bond acceptors (Lipinski definition) is 3. The molecule has 0 spiro atoms. The first kappa shape index (κ1) is 14.8. The van der Waals surface area contributed by atoms with E-state index in [4.69, 9.17) is 0 Å². The Balaban J connectivity index is 2.71. The quantitative estimate of drug-likeness (QED) is 0.835. The molecule has 1 unspecified atom stereocenters. The Labute approximate surface area is 110 Å². The molecule has 1 aromatic rings. The molecule has 0 amide bonds. The van der Waals surface area contributed by atoms with E-state index in [1.165, 1.54) is 0 Å². The van der Waals surface area contributed by atoms with Crippen LogP contribution in [0.2, 0.25) is 0 Å². The van der Waals surface area contributed by atoms with Gasteiger partial charge in [-0.25, -0.2) is 8.42 Å². The van der Waals surface area contributed by atoms with E-state index in [2.05, 4.69) is 30.8 Å². The van der Waals surface area contributed by atoms with Crippen molar-refractivity contribution in [2.45, 2.75) is 33.2 Å². The van der Waals surface area contributed by atoms with Gasteiger partial charge in [-0.15, -0.1) is 0 Å². The second kappa shape index (κ2) is 6.09. The van der Waals surface area contributed by atoms with Crippen LogP contribution in [0.15, 0.2) is 24.3 Å². The first-order valence-electron chi connectivity index (χ1n) is 6.16. The summed E-state index contributed by atoms with van der Waals surface area (Å²) in [6.45, 7) is 6.51. The van der Waals surface area contributed by atoms with Crippen molar-refractivity contribution in [2.75, 3.05) is 16.3 Å². The van der Waals surface area contributed by atoms with E-state index >= 15 is 0 Å². The van der Waals surface area contributed by atoms with Crippen LogP contribution < -0.4 is 10.0 Å². The summed E-state index contributed by atoms with van der Waals surface area (Å²) in [7, 11) is -3.20. The SMILES string of the molecule is CCC(Nc1ccc(NS(C)(=O)=O)cc1)C(C)C. The summed E-state index contributed by atoms with van der Waals surface area (Å²) >= 11 is 0. The first-order chi connectivity index (χ1) is 8.31. The summed E-state index contributed by atoms with van der Waals surface area (Å²) in [5.41, 5.74) is 1.59. The van der Waals surface area contributed by atoms with Crippen molar-refractivity contribution in [3.05, 3.63) is 24.3 Å². The van der Waals surface area contributed by atoms with Gasteiger partial charge < -0.3 is 5.32 Å². The lowest BCUT2D eigenvalue weighted by Gasteiger charge is -2.22. The second-order valence-electron chi connectivity index (χ2n) is 4.85. The Hall–Kier alpha value is -1.23. The summed E-state index contributed by atoms with van der Waals surface area (Å²) in [5.74, 6) is 0.559. The molecule has 0 saturated heterocycles. The molecule has 4 nitrogen and oxygen atoms in total. The van der Waals surface area contributed by atoms with Crippen molar-refractivity contribution in [2.24, 2.45) is 5.92 Å². The van der Waals surface area contributed by atoms with Gasteiger partial charge in [0.2, 0.25) is 10.0 Å². The predicted molar refractivity (Wildman–Crippen MR) is 77.4 cm³/mol. The van der Waals surface area contributed by atoms with Gasteiger partial charge in [0.25, 0.3) is 0 Å². The van der Waals surface area contributed by atoms with Gasteiger partial charge in [-0.3, -0.25) is 4.72 Å². The van der Waals surface area contributed by atoms with Crippen molar-refractivity contribution >= 4 is 21.4 Å². The molecule has 5 heteroatoms. The van der Waals surface area contributed by atoms with Crippen LogP contribution in [0.25, 0.3) is 0 Å². The van der Waals surface area contributed by atoms with Gasteiger partial charge in [-0.2, -0.15) is 0 Å². The van der Waals surface area contributed by atoms with Crippen LogP contribution in [0.4, 0.5) is 11.4 Å². The van der Waals surface area contributed by atoms with Gasteiger partial charge in [-0.05, 0) is 36.6 Å². The third kappa shape index (κ3) is 4.96. The van der Waals surface area contributed by atoms with Crippen molar-refractivity contribution in [3.63, 3.8) is 0 Å². The Morgan fingerprint density at radius 1 is 1.11 bits per heavy atom. The molecule has 0 aliphatic carbocycles. The van der Waals surface area contributed by atoms with E-state index in [1.807, 2.05) is 12.1 Å². The lowest BCUT2D eigenvalue weighted by molar-refractivity contribution is 0.511. The average molecular weight is 270 g/mol. The summed E-state index contributed by atoms with van der Waals surface area (Å²) < 4.78 is 24.6. The van der Waals surface area contributed by atoms with Crippen molar-refractivity contribution in [3.8, 4) is 0 Å². The Bertz CT molecular complexity index is 466. The zero-order valence-corrected chi connectivity index (χ0v) is 12.2. The summed E-state index contributed by atoms with van der Waals surface area (Å²) in [5, 5.41) is 3.44. The minimum atomic E-state index is -3.20. The first-order valence-corrected chi connectivity index (χ1v) is 8.05. The molecule has 102 valence electrons. The standard InChI is InChI=1S/C13H22N2O2S/c1-5-13(10(2)3)14-11-6-8-12(9-7-11)15-18(4,16)17/h6-10,13-15H,5H2,1-4H3. The molecule has 0 heterocycles. The minimum Gasteiger partial charge on any atom is -0.382 e. The second-order valence-corrected chi connectivity index (χ2v) is 6.60. The van der Waals surface area contributed by atoms with E-state index in [1.54, 1.807) is 12.1 Å². The molecule has 1 rings (SSSR count). The highest BCUT2D eigenvalue weighted by Gasteiger charge is 2.10. The lowest BCUT2D eigenvalue weighted by Crippen LogP contribution is -2.24. The van der Waals surface area contributed by atoms with Crippen molar-refractivity contribution < 1.29 is 8.42 Å². The van der Waals surface area contributed by atoms with Crippen LogP contribution in [0, 0.1) is 5.92 Å². The fourth-order valence-corrected chi connectivity index (χ4v) is 2.37. The van der Waals surface area contributed by atoms with Gasteiger partial charge >= 0.3 is 0 Å². The number of rotatable bonds is 6. The van der Waals surface area contributed by atoms with Crippen molar-refractivity contribution in [1.82, 2.24) is 0 Å². The largest absolute Gasteiger partial charge is 0.382 e. The molecule has 0 bridgehead atoms. The van der Waals surface area contributed by atoms with Gasteiger partial charge in [0.05, 0.1) is 6.26 Å². The molecule has 1 aromatic carbocycles. The number of anilines is 2. The highest BCUT2D eigenvalue weighted by molar-refractivity contribution is 7.92. The number of sulfonamides is 1. The zero-order chi connectivity index (χ0) is 13.8. The maximum atomic E-state index is 11.1. The minimum absolute atomic E-state index is 0.429. The smallest absolute Gasteiger partial charge is 0.229 e. The Morgan fingerprint density at radius 2 is 1.61 bits per heavy atom. The van der Waals surface area contributed by atoms with Crippen LogP contribution in [0.3, 0.4) is 0 Å². The molecule has 0 saturated carbocycles. The molecular weight excluding hydrogens is 248 g/mol. The molecule has 1 atom stereocenters. The highest BCUT2D eigenvalue weighted by Crippen LogP contribution is 2.18. The molecular formula is C13H22N2O2S. The van der Waals surface area contributed by atoms with Crippen LogP contribution >= 0.6 is 0 Å². The van der Waals surface area contributed by atoms with Crippen molar-refractivity contribution in [1.29, 1.82) is 0 Å². The fourth-order valence-electron chi connectivity index (χ4n) is 1.80. The zero-order valence-electron chi connectivity index (χ0n) is 11.4. The van der Waals surface area contributed by atoms with Gasteiger partial charge in [-0.1, -0.05) is 20.8 Å². The maximum absolute atomic E-state index is 11.1. The monoisotopic (exact) mass is 270 g/mol. The van der Waals surface area contributed by atoms with Gasteiger partial charge in [0.1, 0.15) is 0 Å². The van der Waals surface area contributed by atoms with E-state index in [0.29, 0.717) is 17.6 Å². The van der Waals surface area contributed by atoms with Crippen LogP contribution in [-0.4, -0.2) is 20.7 Å². The molecule has 0 fully saturated rings. The van der Waals surface area contributed by atoms with Gasteiger partial charge in [0, 0.05) is 17.4 Å². The summed E-state index contributed by atoms with van der Waals surface area (Å²) in [6, 6.07) is 7.72. The van der Waals surface area contributed by atoms with Gasteiger partial charge in [0.15, 0.2) is 0 Å². The van der Waals surface area contributed by atoms with E-state index in [9.17, 15) is 8.42 Å². The number of benzene rings is 1. The lowest BCUT2D eigenvalue weighted by atomic mass is 10.0. The normalized spacial score (nSPS) is 13.4. The molecule has 0 radical (unpaired) electrons. The van der Waals surface area contributed by atoms with E-state index in [0.717, 1.165) is 18.4 Å². The van der Waals surface area contributed by atoms with Crippen LogP contribution in [0.1, 0.15) is 27.2 Å². The predicted octanol–water partition coefficient (Wildman–Crippen LogP) is 2.90. The van der Waals surface area contributed by atoms with E-state index in [-0.39, 0.29) is 0 Å². The molecule has 0 aromatic heterocycles. The highest BCUT2D eigenvalue weighted by atomic mass is 32.2. The van der Waals surface area contributed by atoms with E-state index < -0.39 is 10.0 Å². The van der Waals surface area contributed by atoms with Crippen LogP contribution in [0.5, 0.6) is 0 Å². The third-order valence-corrected chi connectivity index (χ3v) is 3.39.